The van der Waals surface area contributed by atoms with E-state index in [1.165, 1.54) is 132 Å². The molecule has 0 radical (unpaired) electrons. The van der Waals surface area contributed by atoms with Gasteiger partial charge in [0.15, 0.2) is 0 Å². The smallest absolute Gasteiger partial charge is 0.306 e. The topological polar surface area (TPSA) is 46.5 Å². The second-order valence-electron chi connectivity index (χ2n) is 17.1. The van der Waals surface area contributed by atoms with Gasteiger partial charge in [-0.1, -0.05) is 174 Å². The molecule has 0 saturated heterocycles. The summed E-state index contributed by atoms with van der Waals surface area (Å²) < 4.78 is 6.49. The minimum Gasteiger partial charge on any atom is -0.462 e. The Balaban J connectivity index is 1.47. The largest absolute Gasteiger partial charge is 0.462 e. The molecular formula is C45H78O3. The van der Waals surface area contributed by atoms with E-state index in [0.29, 0.717) is 24.2 Å². The Labute approximate surface area is 298 Å². The van der Waals surface area contributed by atoms with Crippen molar-refractivity contribution in [2.75, 3.05) is 0 Å². The van der Waals surface area contributed by atoms with E-state index in [4.69, 9.17) is 4.74 Å². The van der Waals surface area contributed by atoms with Gasteiger partial charge in [0.2, 0.25) is 0 Å². The second-order valence-corrected chi connectivity index (χ2v) is 17.1. The third kappa shape index (κ3) is 13.8. The fraction of sp³-hybridized carbons (Fsp3) is 0.844. The van der Waals surface area contributed by atoms with Crippen molar-refractivity contribution in [2.45, 2.75) is 214 Å². The van der Waals surface area contributed by atoms with Gasteiger partial charge in [-0.15, -0.1) is 0 Å². The first-order valence-electron chi connectivity index (χ1n) is 21.1. The number of ether oxygens (including phenoxy) is 1. The lowest BCUT2D eigenvalue weighted by Gasteiger charge is -2.44. The third-order valence-corrected chi connectivity index (χ3v) is 12.6. The molecule has 276 valence electrons. The lowest BCUT2D eigenvalue weighted by Crippen LogP contribution is -2.39. The summed E-state index contributed by atoms with van der Waals surface area (Å²) in [4.78, 5) is 13.3. The van der Waals surface area contributed by atoms with Crippen molar-refractivity contribution in [3.05, 3.63) is 35.5 Å². The minimum atomic E-state index is -0.243. The molecule has 3 aliphatic rings. The monoisotopic (exact) mass is 667 g/mol. The molecule has 0 bridgehead atoms. The number of hydrogen-bond donors (Lipinski definition) is 1. The molecule has 6 atom stereocenters. The minimum absolute atomic E-state index is 0.0264. The zero-order valence-electron chi connectivity index (χ0n) is 32.5. The van der Waals surface area contributed by atoms with Gasteiger partial charge in [-0.2, -0.15) is 0 Å². The van der Waals surface area contributed by atoms with Crippen LogP contribution in [0.2, 0.25) is 0 Å². The van der Waals surface area contributed by atoms with Gasteiger partial charge in [-0.25, -0.2) is 0 Å². The van der Waals surface area contributed by atoms with E-state index in [1.54, 1.807) is 0 Å². The predicted molar refractivity (Wildman–Crippen MR) is 206 cm³/mol. The van der Waals surface area contributed by atoms with Crippen molar-refractivity contribution in [2.24, 2.45) is 29.1 Å². The first-order valence-corrected chi connectivity index (χ1v) is 21.1. The quantitative estimate of drug-likeness (QED) is 0.0872. The number of unbranched alkanes of at least 4 members (excludes halogenated alkanes) is 14. The summed E-state index contributed by atoms with van der Waals surface area (Å²) >= 11 is 0. The van der Waals surface area contributed by atoms with Crippen LogP contribution in [-0.2, 0) is 9.53 Å². The average molecular weight is 667 g/mol. The molecule has 0 aromatic carbocycles. The molecule has 0 spiro atoms. The molecule has 0 heterocycles. The van der Waals surface area contributed by atoms with E-state index in [2.05, 4.69) is 53.3 Å². The van der Waals surface area contributed by atoms with Gasteiger partial charge in [0, 0.05) is 12.3 Å². The molecule has 1 N–H and O–H groups in total. The second kappa shape index (κ2) is 22.5. The molecular weight excluding hydrogens is 588 g/mol. The number of esters is 1. The molecule has 3 rings (SSSR count). The summed E-state index contributed by atoms with van der Waals surface area (Å²) in [7, 11) is 0. The Morgan fingerprint density at radius 3 is 2.08 bits per heavy atom. The number of allylic oxidation sites excluding steroid dienone is 4. The maximum Gasteiger partial charge on any atom is 0.306 e. The van der Waals surface area contributed by atoms with Crippen LogP contribution in [0.1, 0.15) is 202 Å². The lowest BCUT2D eigenvalue weighted by molar-refractivity contribution is -0.153. The summed E-state index contributed by atoms with van der Waals surface area (Å²) in [5.41, 5.74) is 4.10. The first-order chi connectivity index (χ1) is 23.2. The molecule has 0 aromatic heterocycles. The molecule has 3 heteroatoms. The van der Waals surface area contributed by atoms with Gasteiger partial charge in [-0.3, -0.25) is 4.79 Å². The summed E-state index contributed by atoms with van der Waals surface area (Å²) in [5.74, 6) is 2.20. The first kappa shape index (κ1) is 41.1. The molecule has 0 aromatic rings. The van der Waals surface area contributed by atoms with Gasteiger partial charge < -0.3 is 9.84 Å². The number of fused-ring (bicyclic) bond motifs is 1. The van der Waals surface area contributed by atoms with Crippen molar-refractivity contribution >= 4 is 5.97 Å². The lowest BCUT2D eigenvalue weighted by atomic mass is 9.60. The molecule has 1 unspecified atom stereocenters. The van der Waals surface area contributed by atoms with E-state index >= 15 is 0 Å². The number of hydrogen-bond acceptors (Lipinski definition) is 3. The molecule has 3 saturated carbocycles. The molecule has 0 aliphatic heterocycles. The van der Waals surface area contributed by atoms with Crippen molar-refractivity contribution in [1.29, 1.82) is 0 Å². The van der Waals surface area contributed by atoms with Gasteiger partial charge in [0.25, 0.3) is 0 Å². The SMILES string of the molecule is C=C1CC[C@H](O)C/C1=C\C=C1/CCC[C@@]2(C)[C@@H]([C@H](C)CCCC(C)C)C(OC(=O)CCCCCCCCCCCCCCCCC)C[C@@H]12. The summed E-state index contributed by atoms with van der Waals surface area (Å²) in [6, 6.07) is 0. The number of rotatable bonds is 23. The fourth-order valence-electron chi connectivity index (χ4n) is 9.70. The standard InChI is InChI=1S/C45H78O3/c1-7-8-9-10-11-12-13-14-15-16-17-18-19-20-21-27-43(47)48-42-34-41-38(29-30-39-33-40(46)31-28-36(39)4)26-23-32-45(41,6)44(42)37(5)25-22-24-35(2)3/h29-30,35,37,40-42,44,46H,4,7-28,31-34H2,1-3,5-6H3/b38-29+,39-30+/t37-,40+,41+,42?,44+,45-/m1/s1. The number of carbonyl (C=O) groups excluding carboxylic acids is 1. The molecule has 3 aliphatic carbocycles. The Bertz CT molecular complexity index is 990. The Kier molecular flexibility index (Phi) is 19.2. The molecule has 0 amide bonds. The Morgan fingerprint density at radius 2 is 1.48 bits per heavy atom. The van der Waals surface area contributed by atoms with Crippen LogP contribution >= 0.6 is 0 Å². The van der Waals surface area contributed by atoms with Gasteiger partial charge in [0.05, 0.1) is 6.10 Å². The van der Waals surface area contributed by atoms with Crippen LogP contribution < -0.4 is 0 Å². The van der Waals surface area contributed by atoms with Crippen molar-refractivity contribution in [3.63, 3.8) is 0 Å². The van der Waals surface area contributed by atoms with Crippen molar-refractivity contribution < 1.29 is 14.6 Å². The Morgan fingerprint density at radius 1 is 0.875 bits per heavy atom. The normalized spacial score (nSPS) is 28.4. The predicted octanol–water partition coefficient (Wildman–Crippen LogP) is 13.4. The van der Waals surface area contributed by atoms with Crippen molar-refractivity contribution in [1.82, 2.24) is 0 Å². The maximum absolute atomic E-state index is 13.3. The summed E-state index contributed by atoms with van der Waals surface area (Å²) in [5, 5.41) is 10.3. The van der Waals surface area contributed by atoms with E-state index in [1.807, 2.05) is 0 Å². The van der Waals surface area contributed by atoms with E-state index < -0.39 is 0 Å². The number of aliphatic hydroxyl groups excluding tert-OH is 1. The molecule has 3 nitrogen and oxygen atoms in total. The highest BCUT2D eigenvalue weighted by molar-refractivity contribution is 5.69. The third-order valence-electron chi connectivity index (χ3n) is 12.6. The highest BCUT2D eigenvalue weighted by Gasteiger charge is 2.56. The zero-order chi connectivity index (χ0) is 34.8. The highest BCUT2D eigenvalue weighted by Crippen LogP contribution is 2.60. The van der Waals surface area contributed by atoms with Crippen LogP contribution in [-0.4, -0.2) is 23.3 Å². The van der Waals surface area contributed by atoms with E-state index in [-0.39, 0.29) is 23.6 Å². The highest BCUT2D eigenvalue weighted by atomic mass is 16.5. The summed E-state index contributed by atoms with van der Waals surface area (Å²) in [6.07, 6.45) is 35.8. The van der Waals surface area contributed by atoms with Gasteiger partial charge in [-0.05, 0) is 80.1 Å². The number of aliphatic hydroxyl groups is 1. The summed E-state index contributed by atoms with van der Waals surface area (Å²) in [6.45, 7) is 16.2. The zero-order valence-corrected chi connectivity index (χ0v) is 32.5. The van der Waals surface area contributed by atoms with Crippen LogP contribution in [0.4, 0.5) is 0 Å². The van der Waals surface area contributed by atoms with Crippen LogP contribution in [0.3, 0.4) is 0 Å². The Hall–Kier alpha value is -1.35. The van der Waals surface area contributed by atoms with Gasteiger partial charge >= 0.3 is 5.97 Å². The molecule has 48 heavy (non-hydrogen) atoms. The van der Waals surface area contributed by atoms with Crippen LogP contribution in [0.15, 0.2) is 35.5 Å². The van der Waals surface area contributed by atoms with E-state index in [0.717, 1.165) is 50.9 Å². The van der Waals surface area contributed by atoms with E-state index in [9.17, 15) is 9.90 Å². The molecule has 3 fully saturated rings. The van der Waals surface area contributed by atoms with Crippen molar-refractivity contribution in [3.8, 4) is 0 Å². The maximum atomic E-state index is 13.3. The fourth-order valence-corrected chi connectivity index (χ4v) is 9.70. The van der Waals surface area contributed by atoms with Crippen LogP contribution in [0.5, 0.6) is 0 Å². The van der Waals surface area contributed by atoms with Crippen LogP contribution in [0, 0.1) is 29.1 Å². The van der Waals surface area contributed by atoms with Gasteiger partial charge in [0.1, 0.15) is 6.10 Å². The average Bonchev–Trinajstić information content (AvgIpc) is 3.34. The van der Waals surface area contributed by atoms with Crippen LogP contribution in [0.25, 0.3) is 0 Å². The number of carbonyl (C=O) groups is 1.